The maximum Gasteiger partial charge on any atom is 0.305 e. The molecular formula is C31H31ClFNO6. The molecule has 40 heavy (non-hydrogen) atoms. The number of carboxylic acids is 1. The quantitative estimate of drug-likeness (QED) is 0.377. The summed E-state index contributed by atoms with van der Waals surface area (Å²) in [5.41, 5.74) is 4.12. The molecule has 0 aromatic heterocycles. The van der Waals surface area contributed by atoms with Gasteiger partial charge in [-0.15, -0.1) is 0 Å². The van der Waals surface area contributed by atoms with Gasteiger partial charge in [-0.2, -0.15) is 0 Å². The second kappa shape index (κ2) is 11.8. The number of carbonyl (C=O) groups excluding carboxylic acids is 2. The van der Waals surface area contributed by atoms with Crippen molar-refractivity contribution in [2.24, 2.45) is 0 Å². The predicted octanol–water partition coefficient (Wildman–Crippen LogP) is 6.34. The van der Waals surface area contributed by atoms with Crippen LogP contribution in [0.25, 0.3) is 0 Å². The Morgan fingerprint density at radius 2 is 1.62 bits per heavy atom. The molecule has 0 amide bonds. The van der Waals surface area contributed by atoms with E-state index in [4.69, 9.17) is 21.1 Å². The summed E-state index contributed by atoms with van der Waals surface area (Å²) in [4.78, 5) is 40.3. The third kappa shape index (κ3) is 5.50. The average molecular weight is 568 g/mol. The normalized spacial score (nSPS) is 17.6. The van der Waals surface area contributed by atoms with E-state index in [1.165, 1.54) is 12.1 Å². The van der Waals surface area contributed by atoms with Crippen molar-refractivity contribution < 1.29 is 33.4 Å². The number of hydrogen-bond donors (Lipinski definition) is 1. The van der Waals surface area contributed by atoms with Crippen LogP contribution in [0.3, 0.4) is 0 Å². The van der Waals surface area contributed by atoms with Gasteiger partial charge in [-0.05, 0) is 68.0 Å². The van der Waals surface area contributed by atoms with Gasteiger partial charge in [-0.1, -0.05) is 23.7 Å². The van der Waals surface area contributed by atoms with E-state index in [-0.39, 0.29) is 42.0 Å². The van der Waals surface area contributed by atoms with Crippen LogP contribution in [0.4, 0.5) is 4.39 Å². The minimum atomic E-state index is -0.931. The number of ketones is 2. The first-order valence-electron chi connectivity index (χ1n) is 13.6. The zero-order chi connectivity index (χ0) is 28.4. The van der Waals surface area contributed by atoms with Gasteiger partial charge in [0.15, 0.2) is 23.1 Å². The molecule has 5 rings (SSSR count). The molecule has 0 saturated carbocycles. The molecule has 9 heteroatoms. The fourth-order valence-corrected chi connectivity index (χ4v) is 6.19. The van der Waals surface area contributed by atoms with Gasteiger partial charge >= 0.3 is 5.97 Å². The van der Waals surface area contributed by atoms with E-state index in [1.54, 1.807) is 24.3 Å². The highest BCUT2D eigenvalue weighted by Crippen LogP contribution is 2.51. The lowest BCUT2D eigenvalue weighted by atomic mass is 9.71. The van der Waals surface area contributed by atoms with Crippen LogP contribution in [-0.2, 0) is 21.0 Å². The lowest BCUT2D eigenvalue weighted by molar-refractivity contribution is -0.137. The van der Waals surface area contributed by atoms with Gasteiger partial charge < -0.3 is 19.5 Å². The van der Waals surface area contributed by atoms with E-state index in [2.05, 4.69) is 0 Å². The first-order chi connectivity index (χ1) is 19.3. The Labute approximate surface area is 237 Å². The SMILES string of the molecule is CCOc1cc(C2C3=C(CCCC3=O)N(CCC(=O)O)C3=C2C(=O)CCC3)cc(Cl)c1OCc1ccc(F)cc1. The second-order valence-corrected chi connectivity index (χ2v) is 10.6. The Bertz CT molecular complexity index is 1370. The minimum Gasteiger partial charge on any atom is -0.490 e. The van der Waals surface area contributed by atoms with Crippen LogP contribution in [0.15, 0.2) is 58.9 Å². The maximum atomic E-state index is 13.5. The van der Waals surface area contributed by atoms with Crippen molar-refractivity contribution in [2.45, 2.75) is 64.4 Å². The van der Waals surface area contributed by atoms with E-state index in [9.17, 15) is 23.9 Å². The third-order valence-corrected chi connectivity index (χ3v) is 7.88. The van der Waals surface area contributed by atoms with Gasteiger partial charge in [-0.3, -0.25) is 14.4 Å². The maximum absolute atomic E-state index is 13.5. The number of aliphatic carboxylic acids is 1. The van der Waals surface area contributed by atoms with Gasteiger partial charge in [0.2, 0.25) is 0 Å². The highest BCUT2D eigenvalue weighted by molar-refractivity contribution is 6.32. The van der Waals surface area contributed by atoms with Crippen molar-refractivity contribution in [3.63, 3.8) is 0 Å². The molecule has 0 fully saturated rings. The molecule has 1 N–H and O–H groups in total. The highest BCUT2D eigenvalue weighted by Gasteiger charge is 2.43. The molecule has 1 aliphatic heterocycles. The van der Waals surface area contributed by atoms with E-state index < -0.39 is 11.9 Å². The van der Waals surface area contributed by atoms with Crippen LogP contribution in [0.1, 0.15) is 68.9 Å². The number of carboxylic acid groups (broad SMARTS) is 1. The summed E-state index contributed by atoms with van der Waals surface area (Å²) in [5, 5.41) is 9.66. The molecule has 210 valence electrons. The second-order valence-electron chi connectivity index (χ2n) is 10.2. The topological polar surface area (TPSA) is 93.1 Å². The molecule has 3 aliphatic rings. The van der Waals surface area contributed by atoms with Crippen LogP contribution in [0.2, 0.25) is 5.02 Å². The zero-order valence-electron chi connectivity index (χ0n) is 22.3. The third-order valence-electron chi connectivity index (χ3n) is 7.60. The number of ether oxygens (including phenoxy) is 2. The smallest absolute Gasteiger partial charge is 0.305 e. The number of benzene rings is 2. The summed E-state index contributed by atoms with van der Waals surface area (Å²) < 4.78 is 25.3. The molecule has 0 spiro atoms. The number of rotatable bonds is 9. The van der Waals surface area contributed by atoms with Crippen molar-refractivity contribution in [2.75, 3.05) is 13.2 Å². The molecule has 7 nitrogen and oxygen atoms in total. The van der Waals surface area contributed by atoms with Gasteiger partial charge in [0, 0.05) is 47.8 Å². The Kier molecular flexibility index (Phi) is 8.26. The Morgan fingerprint density at radius 1 is 1.00 bits per heavy atom. The van der Waals surface area contributed by atoms with Gasteiger partial charge in [-0.25, -0.2) is 4.39 Å². The summed E-state index contributed by atoms with van der Waals surface area (Å²) in [5.74, 6) is -1.26. The van der Waals surface area contributed by atoms with Gasteiger partial charge in [0.25, 0.3) is 0 Å². The lowest BCUT2D eigenvalue weighted by Crippen LogP contribution is -2.39. The number of nitrogens with zero attached hydrogens (tertiary/aromatic N) is 1. The van der Waals surface area contributed by atoms with E-state index in [0.29, 0.717) is 73.3 Å². The fourth-order valence-electron chi connectivity index (χ4n) is 5.92. The van der Waals surface area contributed by atoms with E-state index in [1.807, 2.05) is 11.8 Å². The molecular weight excluding hydrogens is 537 g/mol. The minimum absolute atomic E-state index is 0.0396. The van der Waals surface area contributed by atoms with Crippen LogP contribution in [-0.4, -0.2) is 40.7 Å². The molecule has 0 atom stereocenters. The first-order valence-corrected chi connectivity index (χ1v) is 14.0. The number of hydrogen-bond acceptors (Lipinski definition) is 6. The van der Waals surface area contributed by atoms with Crippen molar-refractivity contribution >= 4 is 29.1 Å². The Morgan fingerprint density at radius 3 is 2.20 bits per heavy atom. The Hall–Kier alpha value is -3.65. The van der Waals surface area contributed by atoms with Gasteiger partial charge in [0.1, 0.15) is 12.4 Å². The van der Waals surface area contributed by atoms with Crippen molar-refractivity contribution in [1.29, 1.82) is 0 Å². The summed E-state index contributed by atoms with van der Waals surface area (Å²) in [6, 6.07) is 9.47. The molecule has 2 aromatic carbocycles. The first kappa shape index (κ1) is 27.9. The predicted molar refractivity (Wildman–Crippen MR) is 147 cm³/mol. The van der Waals surface area contributed by atoms with Crippen molar-refractivity contribution in [3.05, 3.63) is 80.9 Å². The van der Waals surface area contributed by atoms with Crippen LogP contribution < -0.4 is 9.47 Å². The van der Waals surface area contributed by atoms with Gasteiger partial charge in [0.05, 0.1) is 18.1 Å². The van der Waals surface area contributed by atoms with Crippen LogP contribution in [0.5, 0.6) is 11.5 Å². The van der Waals surface area contributed by atoms with Crippen LogP contribution in [0, 0.1) is 5.82 Å². The standard InChI is InChI=1S/C31H31ClFNO6/c1-2-39-26-16-19(15-21(32)31(26)40-17-18-9-11-20(33)12-10-18)28-29-22(5-3-7-24(29)35)34(14-13-27(37)38)23-6-4-8-25(36)30(23)28/h9-12,15-16,28H,2-8,13-14,17H2,1H3,(H,37,38). The van der Waals surface area contributed by atoms with Crippen LogP contribution >= 0.6 is 11.6 Å². The Balaban J connectivity index is 1.60. The average Bonchev–Trinajstić information content (AvgIpc) is 2.92. The molecule has 0 bridgehead atoms. The molecule has 0 unspecified atom stereocenters. The number of halogens is 2. The van der Waals surface area contributed by atoms with E-state index >= 15 is 0 Å². The summed E-state index contributed by atoms with van der Waals surface area (Å²) >= 11 is 6.77. The number of Topliss-reactive ketones (excluding diaryl/α,β-unsaturated/α-hetero) is 2. The monoisotopic (exact) mass is 567 g/mol. The lowest BCUT2D eigenvalue weighted by Gasteiger charge is -2.44. The summed E-state index contributed by atoms with van der Waals surface area (Å²) in [6.45, 7) is 2.52. The van der Waals surface area contributed by atoms with Crippen molar-refractivity contribution in [3.8, 4) is 11.5 Å². The number of allylic oxidation sites excluding steroid dienone is 4. The molecule has 2 aliphatic carbocycles. The molecule has 0 saturated heterocycles. The number of carbonyl (C=O) groups is 3. The van der Waals surface area contributed by atoms with Crippen molar-refractivity contribution in [1.82, 2.24) is 4.90 Å². The zero-order valence-corrected chi connectivity index (χ0v) is 23.1. The molecule has 0 radical (unpaired) electrons. The highest BCUT2D eigenvalue weighted by atomic mass is 35.5. The fraction of sp³-hybridized carbons (Fsp3) is 0.387. The molecule has 2 aromatic rings. The summed E-state index contributed by atoms with van der Waals surface area (Å²) in [7, 11) is 0. The molecule has 1 heterocycles. The van der Waals surface area contributed by atoms with E-state index in [0.717, 1.165) is 17.0 Å². The largest absolute Gasteiger partial charge is 0.490 e. The summed E-state index contributed by atoms with van der Waals surface area (Å²) in [6.07, 6.45) is 3.24.